The third-order valence-corrected chi connectivity index (χ3v) is 5.63. The average molecular weight is 333 g/mol. The topological polar surface area (TPSA) is 84.9 Å². The molecule has 1 aromatic rings. The lowest BCUT2D eigenvalue weighted by Crippen LogP contribution is -2.63. The molecule has 0 bridgehead atoms. The summed E-state index contributed by atoms with van der Waals surface area (Å²) in [6.45, 7) is 0. The minimum Gasteiger partial charge on any atom is -0.469 e. The van der Waals surface area contributed by atoms with E-state index in [1.807, 2.05) is 24.3 Å². The van der Waals surface area contributed by atoms with E-state index < -0.39 is 23.0 Å². The molecular formula is C18H23NO5. The van der Waals surface area contributed by atoms with E-state index in [4.69, 9.17) is 9.47 Å². The second kappa shape index (κ2) is 6.09. The molecule has 0 radical (unpaired) electrons. The number of aliphatic hydroxyl groups is 1. The summed E-state index contributed by atoms with van der Waals surface area (Å²) < 4.78 is 9.72. The molecule has 6 nitrogen and oxygen atoms in total. The number of para-hydroxylation sites is 1. The van der Waals surface area contributed by atoms with Crippen molar-refractivity contribution in [1.82, 2.24) is 0 Å². The summed E-state index contributed by atoms with van der Waals surface area (Å²) in [5.41, 5.74) is 0.0661. The van der Waals surface area contributed by atoms with Crippen LogP contribution in [0.4, 0.5) is 5.69 Å². The molecule has 130 valence electrons. The van der Waals surface area contributed by atoms with Gasteiger partial charge < -0.3 is 19.9 Å². The first kappa shape index (κ1) is 16.8. The molecule has 24 heavy (non-hydrogen) atoms. The number of anilines is 1. The van der Waals surface area contributed by atoms with Crippen LogP contribution in [-0.2, 0) is 24.5 Å². The lowest BCUT2D eigenvalue weighted by Gasteiger charge is -2.50. The Morgan fingerprint density at radius 1 is 1.21 bits per heavy atom. The zero-order valence-electron chi connectivity index (χ0n) is 14.0. The standard InChI is InChI=1S/C18H23NO5/c1-23-14(20)11-17-9-5-6-10-18(17,15(21)16(22)24-2)12-7-3-4-8-13(12)19-17/h3-4,7-8,15,19,21H,5-6,9-11H2,1-2H3/t15?,17-,18+/m0/s1. The molecule has 0 saturated heterocycles. The van der Waals surface area contributed by atoms with E-state index >= 15 is 0 Å². The van der Waals surface area contributed by atoms with Gasteiger partial charge in [0.1, 0.15) is 0 Å². The molecule has 0 spiro atoms. The summed E-state index contributed by atoms with van der Waals surface area (Å²) in [6.07, 6.45) is 1.80. The van der Waals surface area contributed by atoms with Crippen molar-refractivity contribution in [2.24, 2.45) is 0 Å². The Labute approximate surface area is 141 Å². The number of ether oxygens (including phenoxy) is 2. The van der Waals surface area contributed by atoms with E-state index in [9.17, 15) is 14.7 Å². The molecule has 1 fully saturated rings. The van der Waals surface area contributed by atoms with Crippen LogP contribution in [0.15, 0.2) is 24.3 Å². The number of methoxy groups -OCH3 is 2. The van der Waals surface area contributed by atoms with Crippen LogP contribution in [0.3, 0.4) is 0 Å². The smallest absolute Gasteiger partial charge is 0.335 e. The molecule has 3 atom stereocenters. The first-order valence-electron chi connectivity index (χ1n) is 8.21. The van der Waals surface area contributed by atoms with Gasteiger partial charge in [0.15, 0.2) is 6.10 Å². The van der Waals surface area contributed by atoms with Gasteiger partial charge in [-0.05, 0) is 24.5 Å². The Morgan fingerprint density at radius 3 is 2.62 bits per heavy atom. The van der Waals surface area contributed by atoms with Gasteiger partial charge >= 0.3 is 11.9 Å². The van der Waals surface area contributed by atoms with Crippen molar-refractivity contribution in [2.45, 2.75) is 49.2 Å². The van der Waals surface area contributed by atoms with Crippen LogP contribution in [0.25, 0.3) is 0 Å². The van der Waals surface area contributed by atoms with Crippen LogP contribution in [-0.4, -0.2) is 42.9 Å². The van der Waals surface area contributed by atoms with E-state index in [0.29, 0.717) is 12.8 Å². The van der Waals surface area contributed by atoms with Gasteiger partial charge in [-0.3, -0.25) is 4.79 Å². The van der Waals surface area contributed by atoms with Crippen LogP contribution in [0, 0.1) is 0 Å². The minimum absolute atomic E-state index is 0.0895. The summed E-state index contributed by atoms with van der Waals surface area (Å²) in [5.74, 6) is -1.04. The maximum Gasteiger partial charge on any atom is 0.335 e. The number of rotatable bonds is 4. The number of fused-ring (bicyclic) bond motifs is 3. The molecule has 1 aliphatic carbocycles. The first-order chi connectivity index (χ1) is 11.5. The number of benzene rings is 1. The summed E-state index contributed by atoms with van der Waals surface area (Å²) in [7, 11) is 2.61. The Hall–Kier alpha value is -2.08. The van der Waals surface area contributed by atoms with Crippen molar-refractivity contribution >= 4 is 17.6 Å². The predicted octanol–water partition coefficient (Wildman–Crippen LogP) is 1.76. The van der Waals surface area contributed by atoms with E-state index in [0.717, 1.165) is 24.1 Å². The Morgan fingerprint density at radius 2 is 1.92 bits per heavy atom. The zero-order valence-corrected chi connectivity index (χ0v) is 14.0. The highest BCUT2D eigenvalue weighted by atomic mass is 16.5. The lowest BCUT2D eigenvalue weighted by atomic mass is 9.56. The fourth-order valence-corrected chi connectivity index (χ4v) is 4.57. The normalized spacial score (nSPS) is 29.0. The van der Waals surface area contributed by atoms with Crippen LogP contribution < -0.4 is 5.32 Å². The fourth-order valence-electron chi connectivity index (χ4n) is 4.57. The maximum atomic E-state index is 12.2. The van der Waals surface area contributed by atoms with Crippen molar-refractivity contribution in [3.8, 4) is 0 Å². The van der Waals surface area contributed by atoms with Crippen LogP contribution in [0.2, 0.25) is 0 Å². The molecule has 0 amide bonds. The molecule has 1 heterocycles. The molecular weight excluding hydrogens is 310 g/mol. The lowest BCUT2D eigenvalue weighted by molar-refractivity contribution is -0.159. The minimum atomic E-state index is -1.34. The summed E-state index contributed by atoms with van der Waals surface area (Å²) in [5, 5.41) is 14.4. The Bertz CT molecular complexity index is 661. The number of aliphatic hydroxyl groups excluding tert-OH is 1. The number of nitrogens with one attached hydrogen (secondary N) is 1. The van der Waals surface area contributed by atoms with Gasteiger partial charge in [-0.1, -0.05) is 31.0 Å². The Balaban J connectivity index is 2.18. The highest BCUT2D eigenvalue weighted by molar-refractivity contribution is 5.83. The van der Waals surface area contributed by atoms with Crippen molar-refractivity contribution < 1.29 is 24.2 Å². The van der Waals surface area contributed by atoms with Crippen molar-refractivity contribution in [2.75, 3.05) is 19.5 Å². The summed E-state index contributed by atoms with van der Waals surface area (Å²) in [6, 6.07) is 7.61. The number of esters is 2. The molecule has 1 unspecified atom stereocenters. The number of hydrogen-bond acceptors (Lipinski definition) is 6. The Kier molecular flexibility index (Phi) is 4.25. The fraction of sp³-hybridized carbons (Fsp3) is 0.556. The van der Waals surface area contributed by atoms with Crippen LogP contribution in [0.5, 0.6) is 0 Å². The third kappa shape index (κ3) is 2.20. The average Bonchev–Trinajstić information content (AvgIpc) is 2.90. The monoisotopic (exact) mass is 333 g/mol. The van der Waals surface area contributed by atoms with Gasteiger partial charge in [0.2, 0.25) is 0 Å². The second-order valence-electron chi connectivity index (χ2n) is 6.61. The molecule has 2 N–H and O–H groups in total. The number of carbonyl (C=O) groups is 2. The SMILES string of the molecule is COC(=O)C[C@@]12CCCC[C@]1(C(O)C(=O)OC)c1ccccc1N2. The maximum absolute atomic E-state index is 12.2. The third-order valence-electron chi connectivity index (χ3n) is 5.63. The van der Waals surface area contributed by atoms with Gasteiger partial charge in [0.05, 0.1) is 31.6 Å². The highest BCUT2D eigenvalue weighted by Crippen LogP contribution is 2.58. The zero-order chi connectivity index (χ0) is 17.4. The van der Waals surface area contributed by atoms with Gasteiger partial charge in [0.25, 0.3) is 0 Å². The van der Waals surface area contributed by atoms with Gasteiger partial charge in [-0.25, -0.2) is 4.79 Å². The van der Waals surface area contributed by atoms with Crippen LogP contribution in [0.1, 0.15) is 37.7 Å². The predicted molar refractivity (Wildman–Crippen MR) is 87.6 cm³/mol. The summed E-state index contributed by atoms with van der Waals surface area (Å²) in [4.78, 5) is 24.4. The van der Waals surface area contributed by atoms with Crippen LogP contribution >= 0.6 is 0 Å². The van der Waals surface area contributed by atoms with E-state index in [-0.39, 0.29) is 12.4 Å². The van der Waals surface area contributed by atoms with Crippen molar-refractivity contribution in [3.05, 3.63) is 29.8 Å². The molecule has 1 aliphatic heterocycles. The molecule has 6 heteroatoms. The van der Waals surface area contributed by atoms with Gasteiger partial charge in [-0.15, -0.1) is 0 Å². The van der Waals surface area contributed by atoms with E-state index in [2.05, 4.69) is 5.32 Å². The van der Waals surface area contributed by atoms with Gasteiger partial charge in [0, 0.05) is 5.69 Å². The van der Waals surface area contributed by atoms with Crippen molar-refractivity contribution in [1.29, 1.82) is 0 Å². The molecule has 1 saturated carbocycles. The number of carbonyl (C=O) groups excluding carboxylic acids is 2. The highest BCUT2D eigenvalue weighted by Gasteiger charge is 2.64. The largest absolute Gasteiger partial charge is 0.469 e. The first-order valence-corrected chi connectivity index (χ1v) is 8.21. The molecule has 2 aliphatic rings. The molecule has 0 aromatic heterocycles. The van der Waals surface area contributed by atoms with E-state index in [1.54, 1.807) is 0 Å². The molecule has 3 rings (SSSR count). The molecule has 1 aromatic carbocycles. The summed E-state index contributed by atoms with van der Waals surface area (Å²) >= 11 is 0. The number of hydrogen-bond donors (Lipinski definition) is 2. The second-order valence-corrected chi connectivity index (χ2v) is 6.61. The van der Waals surface area contributed by atoms with E-state index in [1.165, 1.54) is 14.2 Å². The van der Waals surface area contributed by atoms with Gasteiger partial charge in [-0.2, -0.15) is 0 Å². The van der Waals surface area contributed by atoms with Crippen molar-refractivity contribution in [3.63, 3.8) is 0 Å². The quantitative estimate of drug-likeness (QED) is 0.817.